The van der Waals surface area contributed by atoms with Gasteiger partial charge in [-0.2, -0.15) is 0 Å². The molecule has 0 bridgehead atoms. The molecule has 0 aliphatic carbocycles. The SMILES string of the molecule is COC(=O)c1sc(N(C)CCN(C)C)c(OC(C)C)c1N. The van der Waals surface area contributed by atoms with Crippen LogP contribution in [0.2, 0.25) is 0 Å². The first-order chi connectivity index (χ1) is 9.77. The number of hydrogen-bond donors (Lipinski definition) is 1. The lowest BCUT2D eigenvalue weighted by Gasteiger charge is -2.22. The van der Waals surface area contributed by atoms with E-state index in [4.69, 9.17) is 15.2 Å². The van der Waals surface area contributed by atoms with Gasteiger partial charge in [-0.05, 0) is 27.9 Å². The molecule has 0 unspecified atom stereocenters. The number of hydrogen-bond acceptors (Lipinski definition) is 7. The summed E-state index contributed by atoms with van der Waals surface area (Å²) in [5.74, 6) is 0.134. The van der Waals surface area contributed by atoms with E-state index in [9.17, 15) is 4.79 Å². The second kappa shape index (κ2) is 7.51. The van der Waals surface area contributed by atoms with Crippen molar-refractivity contribution in [2.45, 2.75) is 20.0 Å². The topological polar surface area (TPSA) is 68.0 Å². The van der Waals surface area contributed by atoms with Crippen molar-refractivity contribution in [3.05, 3.63) is 4.88 Å². The van der Waals surface area contributed by atoms with Gasteiger partial charge in [0.15, 0.2) is 5.75 Å². The number of likely N-dealkylation sites (N-methyl/N-ethyl adjacent to an activating group) is 2. The highest BCUT2D eigenvalue weighted by molar-refractivity contribution is 7.19. The highest BCUT2D eigenvalue weighted by Gasteiger charge is 2.25. The predicted octanol–water partition coefficient (Wildman–Crippen LogP) is 1.90. The summed E-state index contributed by atoms with van der Waals surface area (Å²) in [5, 5.41) is 0.850. The van der Waals surface area contributed by atoms with Crippen molar-refractivity contribution >= 4 is 28.0 Å². The molecule has 0 radical (unpaired) electrons. The molecule has 120 valence electrons. The molecule has 0 aliphatic rings. The van der Waals surface area contributed by atoms with E-state index in [2.05, 4.69) is 4.90 Å². The fourth-order valence-corrected chi connectivity index (χ4v) is 2.77. The minimum atomic E-state index is -0.432. The average molecular weight is 315 g/mol. The first kappa shape index (κ1) is 17.6. The third kappa shape index (κ3) is 4.50. The highest BCUT2D eigenvalue weighted by atomic mass is 32.1. The van der Waals surface area contributed by atoms with E-state index < -0.39 is 5.97 Å². The smallest absolute Gasteiger partial charge is 0.350 e. The number of ether oxygens (including phenoxy) is 2. The number of nitrogen functional groups attached to an aromatic ring is 1. The summed E-state index contributed by atoms with van der Waals surface area (Å²) in [6, 6.07) is 0. The number of carbonyl (C=O) groups is 1. The maximum absolute atomic E-state index is 11.8. The van der Waals surface area contributed by atoms with Crippen LogP contribution in [0.3, 0.4) is 0 Å². The summed E-state index contributed by atoms with van der Waals surface area (Å²) in [6.45, 7) is 5.56. The van der Waals surface area contributed by atoms with Crippen LogP contribution in [0.1, 0.15) is 23.5 Å². The lowest BCUT2D eigenvalue weighted by molar-refractivity contribution is 0.0607. The van der Waals surface area contributed by atoms with Crippen LogP contribution in [0, 0.1) is 0 Å². The quantitative estimate of drug-likeness (QED) is 0.775. The lowest BCUT2D eigenvalue weighted by Crippen LogP contribution is -2.28. The Morgan fingerprint density at radius 1 is 1.29 bits per heavy atom. The number of carbonyl (C=O) groups excluding carboxylic acids is 1. The molecule has 7 heteroatoms. The Kier molecular flexibility index (Phi) is 6.29. The van der Waals surface area contributed by atoms with Gasteiger partial charge in [0.25, 0.3) is 0 Å². The molecule has 0 aliphatic heterocycles. The van der Waals surface area contributed by atoms with Crippen molar-refractivity contribution in [2.75, 3.05) is 52.0 Å². The van der Waals surface area contributed by atoms with E-state index in [1.54, 1.807) is 0 Å². The van der Waals surface area contributed by atoms with E-state index in [-0.39, 0.29) is 6.10 Å². The molecule has 21 heavy (non-hydrogen) atoms. The highest BCUT2D eigenvalue weighted by Crippen LogP contribution is 2.45. The summed E-state index contributed by atoms with van der Waals surface area (Å²) in [6.07, 6.45) is -0.0200. The molecule has 1 aromatic rings. The van der Waals surface area contributed by atoms with Gasteiger partial charge in [-0.25, -0.2) is 4.79 Å². The van der Waals surface area contributed by atoms with Crippen molar-refractivity contribution in [2.24, 2.45) is 0 Å². The van der Waals surface area contributed by atoms with Gasteiger partial charge in [-0.15, -0.1) is 11.3 Å². The van der Waals surface area contributed by atoms with Crippen molar-refractivity contribution < 1.29 is 14.3 Å². The Labute approximate surface area is 130 Å². The van der Waals surface area contributed by atoms with Crippen LogP contribution in [0.15, 0.2) is 0 Å². The van der Waals surface area contributed by atoms with E-state index in [1.165, 1.54) is 18.4 Å². The summed E-state index contributed by atoms with van der Waals surface area (Å²) >= 11 is 1.30. The van der Waals surface area contributed by atoms with Gasteiger partial charge in [0.1, 0.15) is 15.6 Å². The van der Waals surface area contributed by atoms with Crippen LogP contribution in [0.5, 0.6) is 5.75 Å². The van der Waals surface area contributed by atoms with Gasteiger partial charge in [-0.1, -0.05) is 0 Å². The molecule has 0 saturated carbocycles. The van der Waals surface area contributed by atoms with Crippen LogP contribution in [0.25, 0.3) is 0 Å². The van der Waals surface area contributed by atoms with Gasteiger partial charge >= 0.3 is 5.97 Å². The van der Waals surface area contributed by atoms with E-state index >= 15 is 0 Å². The van der Waals surface area contributed by atoms with E-state index in [1.807, 2.05) is 39.9 Å². The number of nitrogens with zero attached hydrogens (tertiary/aromatic N) is 2. The van der Waals surface area contributed by atoms with Gasteiger partial charge in [0, 0.05) is 20.1 Å². The largest absolute Gasteiger partial charge is 0.486 e. The van der Waals surface area contributed by atoms with Crippen LogP contribution < -0.4 is 15.4 Å². The summed E-state index contributed by atoms with van der Waals surface area (Å²) < 4.78 is 10.6. The summed E-state index contributed by atoms with van der Waals surface area (Å²) in [7, 11) is 7.34. The van der Waals surface area contributed by atoms with Crippen LogP contribution in [0.4, 0.5) is 10.7 Å². The van der Waals surface area contributed by atoms with E-state index in [0.717, 1.165) is 18.1 Å². The Hall–Kier alpha value is -1.47. The maximum atomic E-state index is 11.8. The molecule has 0 atom stereocenters. The van der Waals surface area contributed by atoms with Crippen LogP contribution >= 0.6 is 11.3 Å². The summed E-state index contributed by atoms with van der Waals surface area (Å²) in [5.41, 5.74) is 6.42. The molecule has 1 heterocycles. The molecular weight excluding hydrogens is 290 g/mol. The van der Waals surface area contributed by atoms with Gasteiger partial charge in [0.2, 0.25) is 0 Å². The number of nitrogens with two attached hydrogens (primary N) is 1. The van der Waals surface area contributed by atoms with Crippen molar-refractivity contribution in [1.82, 2.24) is 4.90 Å². The molecule has 0 spiro atoms. The minimum absolute atomic E-state index is 0.0200. The second-order valence-electron chi connectivity index (χ2n) is 5.36. The number of anilines is 2. The van der Waals surface area contributed by atoms with Gasteiger partial charge < -0.3 is 25.0 Å². The van der Waals surface area contributed by atoms with Crippen LogP contribution in [-0.4, -0.2) is 58.3 Å². The van der Waals surface area contributed by atoms with Gasteiger partial charge in [-0.3, -0.25) is 0 Å². The third-order valence-corrected chi connectivity index (χ3v) is 4.12. The maximum Gasteiger partial charge on any atom is 0.350 e. The molecule has 1 rings (SSSR count). The fourth-order valence-electron chi connectivity index (χ4n) is 1.71. The molecule has 1 aromatic heterocycles. The number of thiophene rings is 1. The molecule has 2 N–H and O–H groups in total. The standard InChI is InChI=1S/C14H25N3O3S/c1-9(2)20-11-10(15)12(14(18)19-6)21-13(11)17(5)8-7-16(3)4/h9H,7-8,15H2,1-6H3. The Morgan fingerprint density at radius 2 is 1.90 bits per heavy atom. The molecule has 0 saturated heterocycles. The zero-order valence-electron chi connectivity index (χ0n) is 13.6. The Bertz CT molecular complexity index is 486. The molecule has 6 nitrogen and oxygen atoms in total. The Morgan fingerprint density at radius 3 is 2.38 bits per heavy atom. The summed E-state index contributed by atoms with van der Waals surface area (Å²) in [4.78, 5) is 16.3. The third-order valence-electron chi connectivity index (χ3n) is 2.84. The van der Waals surface area contributed by atoms with E-state index in [0.29, 0.717) is 16.3 Å². The average Bonchev–Trinajstić information content (AvgIpc) is 2.72. The molecule has 0 fully saturated rings. The fraction of sp³-hybridized carbons (Fsp3) is 0.643. The first-order valence-corrected chi connectivity index (χ1v) is 7.62. The zero-order valence-corrected chi connectivity index (χ0v) is 14.4. The minimum Gasteiger partial charge on any atom is -0.486 e. The van der Waals surface area contributed by atoms with Crippen molar-refractivity contribution in [1.29, 1.82) is 0 Å². The van der Waals surface area contributed by atoms with Crippen LogP contribution in [-0.2, 0) is 4.74 Å². The molecule has 0 amide bonds. The molecule has 0 aromatic carbocycles. The second-order valence-corrected chi connectivity index (χ2v) is 6.36. The normalized spacial score (nSPS) is 11.0. The van der Waals surface area contributed by atoms with Crippen molar-refractivity contribution in [3.63, 3.8) is 0 Å². The monoisotopic (exact) mass is 315 g/mol. The number of esters is 1. The lowest BCUT2D eigenvalue weighted by atomic mass is 10.3. The predicted molar refractivity (Wildman–Crippen MR) is 87.7 cm³/mol. The number of methoxy groups -OCH3 is 1. The first-order valence-electron chi connectivity index (χ1n) is 6.81. The van der Waals surface area contributed by atoms with Gasteiger partial charge in [0.05, 0.1) is 13.2 Å². The molecular formula is C14H25N3O3S. The Balaban J connectivity index is 3.12. The zero-order chi connectivity index (χ0) is 16.2. The van der Waals surface area contributed by atoms with Crippen molar-refractivity contribution in [3.8, 4) is 5.75 Å². The number of rotatable bonds is 7.